The van der Waals surface area contributed by atoms with E-state index >= 15 is 0 Å². The number of para-hydroxylation sites is 1. The van der Waals surface area contributed by atoms with Crippen molar-refractivity contribution in [2.75, 3.05) is 31.1 Å². The van der Waals surface area contributed by atoms with Crippen LogP contribution < -0.4 is 4.90 Å². The maximum absolute atomic E-state index is 13.1. The Bertz CT molecular complexity index is 940. The monoisotopic (exact) mass is 360 g/mol. The van der Waals surface area contributed by atoms with Crippen molar-refractivity contribution in [2.24, 2.45) is 0 Å². The molecule has 0 bridgehead atoms. The van der Waals surface area contributed by atoms with Crippen molar-refractivity contribution in [3.8, 4) is 5.69 Å². The summed E-state index contributed by atoms with van der Waals surface area (Å²) < 4.78 is 1.86. The first-order valence-corrected chi connectivity index (χ1v) is 9.33. The molecular weight excluding hydrogens is 336 g/mol. The van der Waals surface area contributed by atoms with E-state index in [2.05, 4.69) is 41.9 Å². The van der Waals surface area contributed by atoms with Gasteiger partial charge in [0.2, 0.25) is 0 Å². The number of carbonyl (C=O) groups excluding carboxylic acids is 1. The quantitative estimate of drug-likeness (QED) is 0.718. The predicted octanol–water partition coefficient (Wildman–Crippen LogP) is 3.45. The number of imidazole rings is 1. The second kappa shape index (κ2) is 7.27. The molecule has 0 atom stereocenters. The zero-order valence-corrected chi connectivity index (χ0v) is 15.8. The number of carbonyl (C=O) groups is 1. The molecule has 1 fully saturated rings. The summed E-state index contributed by atoms with van der Waals surface area (Å²) in [5, 5.41) is 0. The normalized spacial score (nSPS) is 14.4. The first-order valence-electron chi connectivity index (χ1n) is 9.33. The Kier molecular flexibility index (Phi) is 4.67. The number of benzene rings is 2. The fourth-order valence-electron chi connectivity index (χ4n) is 3.64. The van der Waals surface area contributed by atoms with Crippen molar-refractivity contribution < 1.29 is 4.79 Å². The van der Waals surface area contributed by atoms with Crippen LogP contribution in [0.1, 0.15) is 21.6 Å². The van der Waals surface area contributed by atoms with Crippen LogP contribution in [0, 0.1) is 13.8 Å². The van der Waals surface area contributed by atoms with Gasteiger partial charge in [-0.25, -0.2) is 4.98 Å². The number of aryl methyl sites for hydroxylation is 1. The highest BCUT2D eigenvalue weighted by atomic mass is 16.2. The minimum atomic E-state index is 0.0389. The summed E-state index contributed by atoms with van der Waals surface area (Å²) in [4.78, 5) is 21.6. The van der Waals surface area contributed by atoms with Gasteiger partial charge in [-0.05, 0) is 43.2 Å². The van der Waals surface area contributed by atoms with E-state index in [1.165, 1.54) is 16.8 Å². The molecule has 0 spiro atoms. The van der Waals surface area contributed by atoms with Crippen LogP contribution in [-0.4, -0.2) is 46.5 Å². The van der Waals surface area contributed by atoms with Gasteiger partial charge in [0.1, 0.15) is 5.69 Å². The van der Waals surface area contributed by atoms with E-state index < -0.39 is 0 Å². The molecule has 0 saturated carbocycles. The Labute approximate surface area is 159 Å². The number of hydrogen-bond donors (Lipinski definition) is 0. The van der Waals surface area contributed by atoms with Crippen molar-refractivity contribution in [1.82, 2.24) is 14.5 Å². The zero-order valence-electron chi connectivity index (χ0n) is 15.8. The third-order valence-electron chi connectivity index (χ3n) is 5.38. The lowest BCUT2D eigenvalue weighted by molar-refractivity contribution is 0.0738. The predicted molar refractivity (Wildman–Crippen MR) is 108 cm³/mol. The lowest BCUT2D eigenvalue weighted by atomic mass is 10.1. The topological polar surface area (TPSA) is 41.4 Å². The zero-order chi connectivity index (χ0) is 18.8. The summed E-state index contributed by atoms with van der Waals surface area (Å²) in [7, 11) is 0. The molecule has 2 heterocycles. The molecule has 0 aliphatic carbocycles. The summed E-state index contributed by atoms with van der Waals surface area (Å²) in [6, 6.07) is 16.3. The van der Waals surface area contributed by atoms with E-state index in [0.29, 0.717) is 18.8 Å². The van der Waals surface area contributed by atoms with Crippen molar-refractivity contribution >= 4 is 11.6 Å². The van der Waals surface area contributed by atoms with E-state index in [4.69, 9.17) is 0 Å². The van der Waals surface area contributed by atoms with Crippen LogP contribution in [0.4, 0.5) is 5.69 Å². The number of aromatic nitrogens is 2. The van der Waals surface area contributed by atoms with Crippen LogP contribution in [0.3, 0.4) is 0 Å². The molecule has 1 amide bonds. The number of amides is 1. The third-order valence-corrected chi connectivity index (χ3v) is 5.38. The smallest absolute Gasteiger partial charge is 0.272 e. The number of nitrogens with zero attached hydrogens (tertiary/aromatic N) is 4. The van der Waals surface area contributed by atoms with Gasteiger partial charge in [-0.1, -0.05) is 30.3 Å². The highest BCUT2D eigenvalue weighted by Gasteiger charge is 2.25. The molecule has 5 nitrogen and oxygen atoms in total. The van der Waals surface area contributed by atoms with Gasteiger partial charge in [0.05, 0.1) is 12.5 Å². The summed E-state index contributed by atoms with van der Waals surface area (Å²) in [5.41, 5.74) is 5.46. The van der Waals surface area contributed by atoms with Crippen LogP contribution in [0.2, 0.25) is 0 Å². The lowest BCUT2D eigenvalue weighted by Crippen LogP contribution is -2.49. The summed E-state index contributed by atoms with van der Waals surface area (Å²) in [6.45, 7) is 7.42. The maximum Gasteiger partial charge on any atom is 0.272 e. The molecule has 138 valence electrons. The summed E-state index contributed by atoms with van der Waals surface area (Å²) in [5.74, 6) is 0.0389. The number of piperazine rings is 1. The molecule has 4 rings (SSSR count). The molecule has 1 aliphatic rings. The first-order chi connectivity index (χ1) is 13.1. The molecule has 1 saturated heterocycles. The van der Waals surface area contributed by atoms with Crippen LogP contribution in [-0.2, 0) is 0 Å². The van der Waals surface area contributed by atoms with Crippen LogP contribution in [0.25, 0.3) is 5.69 Å². The molecule has 0 radical (unpaired) electrons. The largest absolute Gasteiger partial charge is 0.368 e. The van der Waals surface area contributed by atoms with Gasteiger partial charge in [-0.2, -0.15) is 0 Å². The Morgan fingerprint density at radius 3 is 2.41 bits per heavy atom. The molecule has 2 aromatic carbocycles. The molecule has 1 aliphatic heterocycles. The maximum atomic E-state index is 13.1. The molecule has 1 aromatic heterocycles. The van der Waals surface area contributed by atoms with Crippen molar-refractivity contribution in [3.05, 3.63) is 77.9 Å². The van der Waals surface area contributed by atoms with Gasteiger partial charge in [-0.3, -0.25) is 9.36 Å². The standard InChI is InChI=1S/C22H24N4O/c1-17-7-6-10-20(18(17)2)24-11-13-25(14-12-24)22(27)21-15-23-16-26(21)19-8-4-3-5-9-19/h3-10,15-16H,11-14H2,1-2H3. The van der Waals surface area contributed by atoms with Crippen molar-refractivity contribution in [2.45, 2.75) is 13.8 Å². The number of anilines is 1. The summed E-state index contributed by atoms with van der Waals surface area (Å²) in [6.07, 6.45) is 3.36. The highest BCUT2D eigenvalue weighted by molar-refractivity contribution is 5.93. The number of hydrogen-bond acceptors (Lipinski definition) is 3. The second-order valence-corrected chi connectivity index (χ2v) is 6.98. The number of rotatable bonds is 3. The summed E-state index contributed by atoms with van der Waals surface area (Å²) >= 11 is 0. The molecule has 27 heavy (non-hydrogen) atoms. The first kappa shape index (κ1) is 17.3. The minimum absolute atomic E-state index is 0.0389. The molecule has 3 aromatic rings. The van der Waals surface area contributed by atoms with E-state index in [-0.39, 0.29) is 5.91 Å². The van der Waals surface area contributed by atoms with Gasteiger partial charge < -0.3 is 9.80 Å². The lowest BCUT2D eigenvalue weighted by Gasteiger charge is -2.37. The fourth-order valence-corrected chi connectivity index (χ4v) is 3.64. The molecular formula is C22H24N4O. The highest BCUT2D eigenvalue weighted by Crippen LogP contribution is 2.24. The van der Waals surface area contributed by atoms with Gasteiger partial charge in [0.25, 0.3) is 5.91 Å². The van der Waals surface area contributed by atoms with E-state index in [1.807, 2.05) is 39.8 Å². The Hall–Kier alpha value is -3.08. The third kappa shape index (κ3) is 3.33. The van der Waals surface area contributed by atoms with Gasteiger partial charge in [0.15, 0.2) is 0 Å². The molecule has 0 N–H and O–H groups in total. The van der Waals surface area contributed by atoms with E-state index in [9.17, 15) is 4.79 Å². The van der Waals surface area contributed by atoms with E-state index in [1.54, 1.807) is 12.5 Å². The Balaban J connectivity index is 1.49. The van der Waals surface area contributed by atoms with Gasteiger partial charge >= 0.3 is 0 Å². The SMILES string of the molecule is Cc1cccc(N2CCN(C(=O)c3cncn3-c3ccccc3)CC2)c1C. The van der Waals surface area contributed by atoms with Crippen LogP contribution >= 0.6 is 0 Å². The minimum Gasteiger partial charge on any atom is -0.368 e. The Morgan fingerprint density at radius 1 is 0.926 bits per heavy atom. The second-order valence-electron chi connectivity index (χ2n) is 6.98. The fraction of sp³-hybridized carbons (Fsp3) is 0.273. The van der Waals surface area contributed by atoms with E-state index in [0.717, 1.165) is 18.8 Å². The van der Waals surface area contributed by atoms with Gasteiger partial charge in [0, 0.05) is 37.6 Å². The van der Waals surface area contributed by atoms with Crippen LogP contribution in [0.15, 0.2) is 61.1 Å². The van der Waals surface area contributed by atoms with Crippen LogP contribution in [0.5, 0.6) is 0 Å². The molecule has 0 unspecified atom stereocenters. The van der Waals surface area contributed by atoms with Crippen molar-refractivity contribution in [1.29, 1.82) is 0 Å². The molecule has 5 heteroatoms. The Morgan fingerprint density at radius 2 is 1.67 bits per heavy atom. The van der Waals surface area contributed by atoms with Gasteiger partial charge in [-0.15, -0.1) is 0 Å². The average molecular weight is 360 g/mol. The van der Waals surface area contributed by atoms with Crippen molar-refractivity contribution in [3.63, 3.8) is 0 Å². The average Bonchev–Trinajstić information content (AvgIpc) is 3.20.